The molecule has 0 saturated carbocycles. The lowest BCUT2D eigenvalue weighted by Gasteiger charge is -2.22. The number of rotatable bonds is 7. The van der Waals surface area contributed by atoms with Crippen LogP contribution in [-0.2, 0) is 11.2 Å². The highest BCUT2D eigenvalue weighted by molar-refractivity contribution is 5.68. The van der Waals surface area contributed by atoms with Crippen molar-refractivity contribution in [3.63, 3.8) is 0 Å². The van der Waals surface area contributed by atoms with Crippen LogP contribution < -0.4 is 10.1 Å². The van der Waals surface area contributed by atoms with Gasteiger partial charge in [0.05, 0.1) is 6.61 Å². The van der Waals surface area contributed by atoms with Gasteiger partial charge in [0.25, 0.3) is 0 Å². The summed E-state index contributed by atoms with van der Waals surface area (Å²) in [6.07, 6.45) is 0.377. The van der Waals surface area contributed by atoms with Gasteiger partial charge in [0, 0.05) is 12.1 Å². The molecule has 2 N–H and O–H groups in total. The summed E-state index contributed by atoms with van der Waals surface area (Å²) in [5, 5.41) is 11.9. The fraction of sp³-hybridized carbons (Fsp3) is 0.611. The van der Waals surface area contributed by atoms with E-state index in [4.69, 9.17) is 14.6 Å². The minimum absolute atomic E-state index is 0.104. The van der Waals surface area contributed by atoms with Crippen molar-refractivity contribution in [2.45, 2.75) is 65.2 Å². The number of hydrogen-bond donors (Lipinski definition) is 2. The van der Waals surface area contributed by atoms with Crippen LogP contribution in [0.4, 0.5) is 9.18 Å². The van der Waals surface area contributed by atoms with E-state index >= 15 is 0 Å². The summed E-state index contributed by atoms with van der Waals surface area (Å²) < 4.78 is 24.2. The molecule has 0 bridgehead atoms. The number of aliphatic hydroxyl groups excluding tert-OH is 1. The first-order valence-electron chi connectivity index (χ1n) is 8.16. The lowest BCUT2D eigenvalue weighted by molar-refractivity contribution is 0.0506. The highest BCUT2D eigenvalue weighted by Gasteiger charge is 2.18. The number of alkyl carbamates (subject to hydrolysis) is 1. The molecule has 1 amide bonds. The van der Waals surface area contributed by atoms with E-state index in [1.165, 1.54) is 12.1 Å². The van der Waals surface area contributed by atoms with Crippen molar-refractivity contribution < 1.29 is 23.8 Å². The fourth-order valence-corrected chi connectivity index (χ4v) is 2.05. The zero-order valence-corrected chi connectivity index (χ0v) is 15.1. The van der Waals surface area contributed by atoms with Crippen LogP contribution >= 0.6 is 0 Å². The second-order valence-corrected chi connectivity index (χ2v) is 6.95. The topological polar surface area (TPSA) is 67.8 Å². The van der Waals surface area contributed by atoms with Gasteiger partial charge in [-0.1, -0.05) is 6.07 Å². The van der Waals surface area contributed by atoms with Gasteiger partial charge in [0.1, 0.15) is 23.3 Å². The first-order chi connectivity index (χ1) is 11.1. The molecule has 24 heavy (non-hydrogen) atoms. The van der Waals surface area contributed by atoms with Crippen molar-refractivity contribution in [3.8, 4) is 5.75 Å². The van der Waals surface area contributed by atoms with Gasteiger partial charge in [0.2, 0.25) is 0 Å². The molecule has 6 heteroatoms. The molecular formula is C18H28FNO4. The molecule has 0 spiro atoms. The van der Waals surface area contributed by atoms with E-state index in [0.717, 1.165) is 5.56 Å². The molecule has 0 aliphatic carbocycles. The largest absolute Gasteiger partial charge is 0.488 e. The molecule has 1 aromatic carbocycles. The van der Waals surface area contributed by atoms with Crippen LogP contribution in [0, 0.1) is 5.82 Å². The van der Waals surface area contributed by atoms with E-state index in [-0.39, 0.29) is 18.5 Å². The Hall–Kier alpha value is -1.82. The quantitative estimate of drug-likeness (QED) is 0.797. The first kappa shape index (κ1) is 20.2. The van der Waals surface area contributed by atoms with Crippen molar-refractivity contribution in [1.82, 2.24) is 5.32 Å². The molecule has 0 saturated heterocycles. The number of aliphatic hydroxyl groups is 1. The Morgan fingerprint density at radius 1 is 1.33 bits per heavy atom. The molecule has 0 aliphatic heterocycles. The Kier molecular flexibility index (Phi) is 7.48. The van der Waals surface area contributed by atoms with E-state index < -0.39 is 17.8 Å². The van der Waals surface area contributed by atoms with Gasteiger partial charge >= 0.3 is 6.09 Å². The third-order valence-electron chi connectivity index (χ3n) is 3.22. The normalized spacial score (nSPS) is 14.0. The van der Waals surface area contributed by atoms with Crippen LogP contribution in [0.3, 0.4) is 0 Å². The number of carbonyl (C=O) groups is 1. The van der Waals surface area contributed by atoms with Gasteiger partial charge in [-0.15, -0.1) is 0 Å². The molecule has 0 aliphatic rings. The Morgan fingerprint density at radius 2 is 2.00 bits per heavy atom. The van der Waals surface area contributed by atoms with Crippen LogP contribution in [0.1, 0.15) is 46.6 Å². The monoisotopic (exact) mass is 341 g/mol. The fourth-order valence-electron chi connectivity index (χ4n) is 2.05. The van der Waals surface area contributed by atoms with Crippen molar-refractivity contribution in [3.05, 3.63) is 29.6 Å². The second-order valence-electron chi connectivity index (χ2n) is 6.95. The number of ether oxygens (including phenoxy) is 2. The van der Waals surface area contributed by atoms with E-state index in [0.29, 0.717) is 18.6 Å². The minimum Gasteiger partial charge on any atom is -0.488 e. The maximum atomic E-state index is 13.4. The zero-order chi connectivity index (χ0) is 18.3. The van der Waals surface area contributed by atoms with E-state index in [2.05, 4.69) is 5.32 Å². The molecule has 0 fully saturated rings. The Balaban J connectivity index is 2.61. The second kappa shape index (κ2) is 8.87. The number of nitrogens with one attached hydrogen (secondary N) is 1. The molecule has 0 aromatic heterocycles. The van der Waals surface area contributed by atoms with Gasteiger partial charge in [-0.05, 0) is 59.1 Å². The number of benzene rings is 1. The number of hydrogen-bond acceptors (Lipinski definition) is 4. The predicted molar refractivity (Wildman–Crippen MR) is 90.7 cm³/mol. The number of halogens is 1. The van der Waals surface area contributed by atoms with Crippen LogP contribution in [0.15, 0.2) is 18.2 Å². The summed E-state index contributed by atoms with van der Waals surface area (Å²) in [6.45, 7) is 8.86. The van der Waals surface area contributed by atoms with Crippen LogP contribution in [0.2, 0.25) is 0 Å². The molecule has 0 heterocycles. The third kappa shape index (κ3) is 7.64. The van der Waals surface area contributed by atoms with Gasteiger partial charge in [-0.2, -0.15) is 0 Å². The molecule has 2 atom stereocenters. The van der Waals surface area contributed by atoms with E-state index in [9.17, 15) is 9.18 Å². The van der Waals surface area contributed by atoms with Gasteiger partial charge < -0.3 is 19.9 Å². The summed E-state index contributed by atoms with van der Waals surface area (Å²) >= 11 is 0. The molecule has 0 radical (unpaired) electrons. The van der Waals surface area contributed by atoms with E-state index in [1.54, 1.807) is 13.0 Å². The third-order valence-corrected chi connectivity index (χ3v) is 3.22. The lowest BCUT2D eigenvalue weighted by atomic mass is 10.0. The smallest absolute Gasteiger partial charge is 0.407 e. The Labute approximate surface area is 143 Å². The van der Waals surface area contributed by atoms with Gasteiger partial charge in [-0.3, -0.25) is 0 Å². The Bertz CT molecular complexity index is 542. The number of amides is 1. The summed E-state index contributed by atoms with van der Waals surface area (Å²) in [5.74, 6) is 0.0276. The maximum Gasteiger partial charge on any atom is 0.407 e. The molecule has 1 aromatic rings. The summed E-state index contributed by atoms with van der Waals surface area (Å²) in [6, 6.07) is 4.24. The minimum atomic E-state index is -0.539. The van der Waals surface area contributed by atoms with E-state index in [1.807, 2.05) is 27.7 Å². The molecule has 5 nitrogen and oxygen atoms in total. The lowest BCUT2D eigenvalue weighted by Crippen LogP contribution is -2.37. The first-order valence-corrected chi connectivity index (χ1v) is 8.16. The molecular weight excluding hydrogens is 313 g/mol. The van der Waals surface area contributed by atoms with Crippen molar-refractivity contribution in [2.75, 3.05) is 6.61 Å². The maximum absolute atomic E-state index is 13.4. The molecule has 136 valence electrons. The predicted octanol–water partition coefficient (Wildman–Crippen LogP) is 3.43. The van der Waals surface area contributed by atoms with Gasteiger partial charge in [-0.25, -0.2) is 9.18 Å². The standard InChI is InChI=1S/C18H28FNO4/c1-12(20-17(22)24-18(3,4)5)6-7-14-8-9-15(19)10-16(14)23-13(2)11-21/h8-10,12-13,21H,6-7,11H2,1-5H3,(H,20,22)/t12-,13+/m1/s1. The van der Waals surface area contributed by atoms with Crippen molar-refractivity contribution in [1.29, 1.82) is 0 Å². The van der Waals surface area contributed by atoms with Crippen LogP contribution in [0.25, 0.3) is 0 Å². The average Bonchev–Trinajstić information content (AvgIpc) is 2.44. The summed E-state index contributed by atoms with van der Waals surface area (Å²) in [7, 11) is 0. The number of carbonyl (C=O) groups excluding carboxylic acids is 1. The van der Waals surface area contributed by atoms with Crippen LogP contribution in [0.5, 0.6) is 5.75 Å². The SMILES string of the molecule is C[C@H](CCc1ccc(F)cc1O[C@@H](C)CO)NC(=O)OC(C)(C)C. The van der Waals surface area contributed by atoms with Crippen molar-refractivity contribution in [2.24, 2.45) is 0 Å². The molecule has 1 rings (SSSR count). The highest BCUT2D eigenvalue weighted by atomic mass is 19.1. The summed E-state index contributed by atoms with van der Waals surface area (Å²) in [5.41, 5.74) is 0.289. The van der Waals surface area contributed by atoms with Crippen LogP contribution in [-0.4, -0.2) is 35.6 Å². The Morgan fingerprint density at radius 3 is 2.58 bits per heavy atom. The number of aryl methyl sites for hydroxylation is 1. The highest BCUT2D eigenvalue weighted by Crippen LogP contribution is 2.23. The molecule has 0 unspecified atom stereocenters. The summed E-state index contributed by atoms with van der Waals surface area (Å²) in [4.78, 5) is 11.7. The van der Waals surface area contributed by atoms with Gasteiger partial charge in [0.15, 0.2) is 0 Å². The average molecular weight is 341 g/mol. The van der Waals surface area contributed by atoms with Crippen molar-refractivity contribution >= 4 is 6.09 Å². The zero-order valence-electron chi connectivity index (χ0n) is 15.1.